The largest absolute Gasteiger partial charge is 0.352 e. The Kier molecular flexibility index (Phi) is 7.81. The first-order chi connectivity index (χ1) is 7.15. The maximum absolute atomic E-state index is 11.4. The number of nitrogens with one attached hydrogen (secondary N) is 1. The van der Waals surface area contributed by atoms with Gasteiger partial charge in [-0.2, -0.15) is 12.6 Å². The molecule has 5 heteroatoms. The molecule has 0 heterocycles. The van der Waals surface area contributed by atoms with Gasteiger partial charge in [0.25, 0.3) is 0 Å². The van der Waals surface area contributed by atoms with Crippen molar-refractivity contribution in [2.45, 2.75) is 13.8 Å². The van der Waals surface area contributed by atoms with Crippen LogP contribution in [-0.4, -0.2) is 42.1 Å². The van der Waals surface area contributed by atoms with Crippen LogP contribution in [0.25, 0.3) is 0 Å². The number of carbonyl (C=O) groups is 2. The van der Waals surface area contributed by atoms with Crippen LogP contribution in [0, 0.1) is 0 Å². The third-order valence-electron chi connectivity index (χ3n) is 1.86. The third-order valence-corrected chi connectivity index (χ3v) is 2.09. The number of likely N-dealkylation sites (N-methyl/N-ethyl adjacent to an activating group) is 1. The summed E-state index contributed by atoms with van der Waals surface area (Å²) in [4.78, 5) is 24.2. The van der Waals surface area contributed by atoms with Gasteiger partial charge in [-0.15, -0.1) is 0 Å². The Labute approximate surface area is 96.1 Å². The van der Waals surface area contributed by atoms with Crippen molar-refractivity contribution in [3.8, 4) is 0 Å². The molecule has 86 valence electrons. The van der Waals surface area contributed by atoms with Crippen molar-refractivity contribution >= 4 is 24.4 Å². The van der Waals surface area contributed by atoms with Crippen LogP contribution in [0.1, 0.15) is 13.8 Å². The molecule has 0 spiro atoms. The fraction of sp³-hybridized carbons (Fsp3) is 0.600. The van der Waals surface area contributed by atoms with Gasteiger partial charge in [0.15, 0.2) is 0 Å². The van der Waals surface area contributed by atoms with E-state index in [1.54, 1.807) is 4.90 Å². The highest BCUT2D eigenvalue weighted by atomic mass is 32.1. The van der Waals surface area contributed by atoms with Gasteiger partial charge >= 0.3 is 0 Å². The Hall–Kier alpha value is -0.970. The molecule has 4 nitrogen and oxygen atoms in total. The SMILES string of the molecule is CCN(CC)C(=O)C=CC(=O)NCCS. The molecular formula is C10H18N2O2S. The van der Waals surface area contributed by atoms with Gasteiger partial charge in [0, 0.05) is 37.5 Å². The minimum absolute atomic E-state index is 0.138. The van der Waals surface area contributed by atoms with E-state index in [4.69, 9.17) is 0 Å². The summed E-state index contributed by atoms with van der Waals surface area (Å²) in [6.07, 6.45) is 2.55. The molecule has 0 aromatic heterocycles. The lowest BCUT2D eigenvalue weighted by molar-refractivity contribution is -0.126. The average molecular weight is 230 g/mol. The van der Waals surface area contributed by atoms with Crippen LogP contribution in [0.3, 0.4) is 0 Å². The van der Waals surface area contributed by atoms with E-state index in [-0.39, 0.29) is 11.8 Å². The fourth-order valence-corrected chi connectivity index (χ4v) is 1.14. The molecule has 15 heavy (non-hydrogen) atoms. The lowest BCUT2D eigenvalue weighted by atomic mass is 10.4. The van der Waals surface area contributed by atoms with E-state index in [1.165, 1.54) is 12.2 Å². The molecule has 0 atom stereocenters. The second kappa shape index (κ2) is 8.35. The fourth-order valence-electron chi connectivity index (χ4n) is 1.03. The van der Waals surface area contributed by atoms with Crippen LogP contribution in [-0.2, 0) is 9.59 Å². The Morgan fingerprint density at radius 3 is 2.33 bits per heavy atom. The summed E-state index contributed by atoms with van der Waals surface area (Å²) in [6.45, 7) is 5.61. The number of hydrogen-bond donors (Lipinski definition) is 2. The number of hydrogen-bond acceptors (Lipinski definition) is 3. The van der Waals surface area contributed by atoms with Gasteiger partial charge in [-0.3, -0.25) is 9.59 Å². The topological polar surface area (TPSA) is 49.4 Å². The molecule has 0 unspecified atom stereocenters. The number of thiol groups is 1. The van der Waals surface area contributed by atoms with Crippen molar-refractivity contribution in [2.24, 2.45) is 0 Å². The monoisotopic (exact) mass is 230 g/mol. The Morgan fingerprint density at radius 2 is 1.87 bits per heavy atom. The van der Waals surface area contributed by atoms with Gasteiger partial charge in [0.2, 0.25) is 11.8 Å². The summed E-state index contributed by atoms with van der Waals surface area (Å²) in [7, 11) is 0. The van der Waals surface area contributed by atoms with Gasteiger partial charge in [0.05, 0.1) is 0 Å². The van der Waals surface area contributed by atoms with Gasteiger partial charge < -0.3 is 10.2 Å². The molecule has 1 N–H and O–H groups in total. The Bertz CT molecular complexity index is 238. The van der Waals surface area contributed by atoms with E-state index < -0.39 is 0 Å². The highest BCUT2D eigenvalue weighted by Gasteiger charge is 2.05. The standard InChI is InChI=1S/C10H18N2O2S/c1-3-12(4-2)10(14)6-5-9(13)11-7-8-15/h5-6,15H,3-4,7-8H2,1-2H3,(H,11,13). The summed E-state index contributed by atoms with van der Waals surface area (Å²) in [5.41, 5.74) is 0. The minimum Gasteiger partial charge on any atom is -0.352 e. The van der Waals surface area contributed by atoms with E-state index in [2.05, 4.69) is 17.9 Å². The molecule has 0 aromatic rings. The molecule has 0 saturated carbocycles. The Balaban J connectivity index is 4.03. The summed E-state index contributed by atoms with van der Waals surface area (Å²) in [5, 5.41) is 2.59. The normalized spacial score (nSPS) is 10.3. The van der Waals surface area contributed by atoms with Crippen molar-refractivity contribution in [3.05, 3.63) is 12.2 Å². The maximum Gasteiger partial charge on any atom is 0.246 e. The average Bonchev–Trinajstić information content (AvgIpc) is 2.25. The van der Waals surface area contributed by atoms with Gasteiger partial charge in [-0.1, -0.05) is 0 Å². The molecular weight excluding hydrogens is 212 g/mol. The molecule has 0 saturated heterocycles. The first-order valence-corrected chi connectivity index (χ1v) is 5.64. The van der Waals surface area contributed by atoms with Crippen LogP contribution >= 0.6 is 12.6 Å². The number of rotatable bonds is 6. The minimum atomic E-state index is -0.260. The van der Waals surface area contributed by atoms with Crippen molar-refractivity contribution in [1.82, 2.24) is 10.2 Å². The van der Waals surface area contributed by atoms with Crippen molar-refractivity contribution < 1.29 is 9.59 Å². The van der Waals surface area contributed by atoms with Crippen LogP contribution in [0.4, 0.5) is 0 Å². The molecule has 0 aromatic carbocycles. The highest BCUT2D eigenvalue weighted by Crippen LogP contribution is 1.90. The van der Waals surface area contributed by atoms with Crippen LogP contribution in [0.5, 0.6) is 0 Å². The lowest BCUT2D eigenvalue weighted by Crippen LogP contribution is -2.29. The van der Waals surface area contributed by atoms with Crippen molar-refractivity contribution in [1.29, 1.82) is 0 Å². The number of carbonyl (C=O) groups excluding carboxylic acids is 2. The van der Waals surface area contributed by atoms with E-state index in [9.17, 15) is 9.59 Å². The molecule has 0 aliphatic rings. The third kappa shape index (κ3) is 6.17. The zero-order valence-electron chi connectivity index (χ0n) is 9.19. The molecule has 0 radical (unpaired) electrons. The zero-order valence-corrected chi connectivity index (χ0v) is 10.1. The number of amides is 2. The maximum atomic E-state index is 11.4. The highest BCUT2D eigenvalue weighted by molar-refractivity contribution is 7.80. The zero-order chi connectivity index (χ0) is 11.7. The van der Waals surface area contributed by atoms with Crippen molar-refractivity contribution in [3.63, 3.8) is 0 Å². The lowest BCUT2D eigenvalue weighted by Gasteiger charge is -2.15. The number of nitrogens with zero attached hydrogens (tertiary/aromatic N) is 1. The Morgan fingerprint density at radius 1 is 1.27 bits per heavy atom. The van der Waals surface area contributed by atoms with Gasteiger partial charge in [-0.05, 0) is 13.8 Å². The summed E-state index contributed by atoms with van der Waals surface area (Å²) >= 11 is 3.95. The smallest absolute Gasteiger partial charge is 0.246 e. The molecule has 2 amide bonds. The quantitative estimate of drug-likeness (QED) is 0.514. The molecule has 0 aliphatic carbocycles. The predicted molar refractivity (Wildman–Crippen MR) is 63.9 cm³/mol. The molecule has 0 bridgehead atoms. The summed E-state index contributed by atoms with van der Waals surface area (Å²) in [5.74, 6) is 0.189. The second-order valence-electron chi connectivity index (χ2n) is 2.86. The summed E-state index contributed by atoms with van der Waals surface area (Å²) in [6, 6.07) is 0. The van der Waals surface area contributed by atoms with E-state index >= 15 is 0 Å². The van der Waals surface area contributed by atoms with Crippen LogP contribution in [0.2, 0.25) is 0 Å². The van der Waals surface area contributed by atoms with Crippen LogP contribution < -0.4 is 5.32 Å². The first-order valence-electron chi connectivity index (χ1n) is 5.01. The summed E-state index contributed by atoms with van der Waals surface area (Å²) < 4.78 is 0. The predicted octanol–water partition coefficient (Wildman–Crippen LogP) is 0.457. The van der Waals surface area contributed by atoms with Gasteiger partial charge in [-0.25, -0.2) is 0 Å². The second-order valence-corrected chi connectivity index (χ2v) is 3.31. The van der Waals surface area contributed by atoms with E-state index in [0.29, 0.717) is 25.4 Å². The van der Waals surface area contributed by atoms with Crippen molar-refractivity contribution in [2.75, 3.05) is 25.4 Å². The first kappa shape index (κ1) is 14.0. The van der Waals surface area contributed by atoms with E-state index in [1.807, 2.05) is 13.8 Å². The molecule has 0 aliphatic heterocycles. The van der Waals surface area contributed by atoms with Crippen LogP contribution in [0.15, 0.2) is 12.2 Å². The van der Waals surface area contributed by atoms with E-state index in [0.717, 1.165) is 0 Å². The van der Waals surface area contributed by atoms with Gasteiger partial charge in [0.1, 0.15) is 0 Å². The molecule has 0 rings (SSSR count). The molecule has 0 fully saturated rings.